The molecule has 0 aliphatic carbocycles. The van der Waals surface area contributed by atoms with Crippen LogP contribution in [-0.4, -0.2) is 40.8 Å². The van der Waals surface area contributed by atoms with Crippen molar-refractivity contribution in [3.8, 4) is 11.5 Å². The quantitative estimate of drug-likeness (QED) is 0.485. The van der Waals surface area contributed by atoms with Crippen LogP contribution in [0.4, 0.5) is 0 Å². The second-order valence-electron chi connectivity index (χ2n) is 5.74. The van der Waals surface area contributed by atoms with E-state index in [1.165, 1.54) is 0 Å². The summed E-state index contributed by atoms with van der Waals surface area (Å²) in [7, 11) is 4.88. The van der Waals surface area contributed by atoms with Gasteiger partial charge in [0, 0.05) is 24.7 Å². The first-order chi connectivity index (χ1) is 11.0. The fourth-order valence-electron chi connectivity index (χ4n) is 2.15. The molecule has 1 unspecified atom stereocenters. The maximum Gasteiger partial charge on any atom is 0.165 e. The summed E-state index contributed by atoms with van der Waals surface area (Å²) in [6.07, 6.45) is 3.11. The number of benzene rings is 1. The lowest BCUT2D eigenvalue weighted by Gasteiger charge is -2.32. The number of ether oxygens (including phenoxy) is 5. The molecule has 1 atom stereocenters. The third-order valence-corrected chi connectivity index (χ3v) is 3.37. The molecule has 0 fully saturated rings. The van der Waals surface area contributed by atoms with E-state index in [2.05, 4.69) is 0 Å². The highest BCUT2D eigenvalue weighted by Crippen LogP contribution is 2.29. The van der Waals surface area contributed by atoms with Crippen LogP contribution in [0.3, 0.4) is 0 Å². The fourth-order valence-corrected chi connectivity index (χ4v) is 2.15. The fraction of sp³-hybridized carbons (Fsp3) is 0.556. The summed E-state index contributed by atoms with van der Waals surface area (Å²) >= 11 is 0. The molecule has 0 aliphatic heterocycles. The SMILES string of the molecule is CCOC(OC)C(C)(C)COc1ccc(OC)cc1C=COC. The van der Waals surface area contributed by atoms with Crippen molar-refractivity contribution >= 4 is 6.08 Å². The summed E-state index contributed by atoms with van der Waals surface area (Å²) in [4.78, 5) is 0. The maximum atomic E-state index is 6.01. The molecule has 0 N–H and O–H groups in total. The van der Waals surface area contributed by atoms with Crippen molar-refractivity contribution in [2.45, 2.75) is 27.1 Å². The molecular weight excluding hydrogens is 296 g/mol. The van der Waals surface area contributed by atoms with Crippen molar-refractivity contribution in [3.63, 3.8) is 0 Å². The van der Waals surface area contributed by atoms with E-state index < -0.39 is 0 Å². The van der Waals surface area contributed by atoms with Crippen molar-refractivity contribution in [1.29, 1.82) is 0 Å². The van der Waals surface area contributed by atoms with E-state index >= 15 is 0 Å². The molecule has 0 heterocycles. The number of hydrogen-bond donors (Lipinski definition) is 0. The van der Waals surface area contributed by atoms with Crippen LogP contribution in [-0.2, 0) is 14.2 Å². The topological polar surface area (TPSA) is 46.2 Å². The third-order valence-electron chi connectivity index (χ3n) is 3.37. The zero-order valence-corrected chi connectivity index (χ0v) is 14.9. The van der Waals surface area contributed by atoms with E-state index in [-0.39, 0.29) is 11.7 Å². The van der Waals surface area contributed by atoms with E-state index in [4.69, 9.17) is 23.7 Å². The minimum Gasteiger partial charge on any atom is -0.504 e. The standard InChI is InChI=1S/C18H28O5/c1-7-22-17(21-6)18(2,3)13-23-16-9-8-15(20-5)12-14(16)10-11-19-4/h8-12,17H,7,13H2,1-6H3. The van der Waals surface area contributed by atoms with Gasteiger partial charge in [0.15, 0.2) is 6.29 Å². The van der Waals surface area contributed by atoms with Gasteiger partial charge in [-0.05, 0) is 31.2 Å². The molecule has 0 saturated heterocycles. The molecule has 0 spiro atoms. The van der Waals surface area contributed by atoms with Gasteiger partial charge in [-0.3, -0.25) is 0 Å². The van der Waals surface area contributed by atoms with Gasteiger partial charge in [0.05, 0.1) is 27.1 Å². The normalized spacial score (nSPS) is 13.1. The summed E-state index contributed by atoms with van der Waals surface area (Å²) in [6.45, 7) is 7.08. The van der Waals surface area contributed by atoms with Crippen LogP contribution in [0.25, 0.3) is 6.08 Å². The zero-order chi connectivity index (χ0) is 17.3. The van der Waals surface area contributed by atoms with Gasteiger partial charge in [-0.15, -0.1) is 0 Å². The van der Waals surface area contributed by atoms with Crippen molar-refractivity contribution in [3.05, 3.63) is 30.0 Å². The van der Waals surface area contributed by atoms with Crippen LogP contribution in [0.5, 0.6) is 11.5 Å². The highest BCUT2D eigenvalue weighted by atomic mass is 16.7. The van der Waals surface area contributed by atoms with Crippen molar-refractivity contribution in [2.75, 3.05) is 34.5 Å². The second kappa shape index (κ2) is 9.43. The maximum absolute atomic E-state index is 6.01. The zero-order valence-electron chi connectivity index (χ0n) is 14.9. The second-order valence-corrected chi connectivity index (χ2v) is 5.74. The predicted octanol–water partition coefficient (Wildman–Crippen LogP) is 3.73. The molecule has 23 heavy (non-hydrogen) atoms. The summed E-state index contributed by atoms with van der Waals surface area (Å²) in [5.41, 5.74) is 0.583. The highest BCUT2D eigenvalue weighted by molar-refractivity contribution is 5.59. The van der Waals surface area contributed by atoms with E-state index in [0.29, 0.717) is 13.2 Å². The highest BCUT2D eigenvalue weighted by Gasteiger charge is 2.31. The molecular formula is C18H28O5. The monoisotopic (exact) mass is 324 g/mol. The van der Waals surface area contributed by atoms with Gasteiger partial charge >= 0.3 is 0 Å². The van der Waals surface area contributed by atoms with Crippen LogP contribution in [0, 0.1) is 5.41 Å². The molecule has 1 aromatic rings. The van der Waals surface area contributed by atoms with Crippen LogP contribution in [0.15, 0.2) is 24.5 Å². The molecule has 1 rings (SSSR count). The first-order valence-electron chi connectivity index (χ1n) is 7.63. The molecule has 0 aromatic heterocycles. The molecule has 0 aliphatic rings. The predicted molar refractivity (Wildman–Crippen MR) is 90.7 cm³/mol. The van der Waals surface area contributed by atoms with Gasteiger partial charge in [0.1, 0.15) is 11.5 Å². The van der Waals surface area contributed by atoms with E-state index in [0.717, 1.165) is 17.1 Å². The first-order valence-corrected chi connectivity index (χ1v) is 7.63. The molecule has 0 amide bonds. The lowest BCUT2D eigenvalue weighted by molar-refractivity contribution is -0.188. The molecule has 1 aromatic carbocycles. The Balaban J connectivity index is 2.89. The van der Waals surface area contributed by atoms with Crippen LogP contribution >= 0.6 is 0 Å². The Labute approximate surface area is 139 Å². The van der Waals surface area contributed by atoms with Crippen LogP contribution in [0.2, 0.25) is 0 Å². The molecule has 5 nitrogen and oxygen atoms in total. The Bertz CT molecular complexity index is 496. The van der Waals surface area contributed by atoms with Crippen molar-refractivity contribution in [2.24, 2.45) is 5.41 Å². The number of hydrogen-bond acceptors (Lipinski definition) is 5. The van der Waals surface area contributed by atoms with Crippen LogP contribution in [0.1, 0.15) is 26.3 Å². The van der Waals surface area contributed by atoms with E-state index in [9.17, 15) is 0 Å². The van der Waals surface area contributed by atoms with Gasteiger partial charge in [-0.25, -0.2) is 0 Å². The smallest absolute Gasteiger partial charge is 0.165 e. The summed E-state index contributed by atoms with van der Waals surface area (Å²) in [6, 6.07) is 5.64. The largest absolute Gasteiger partial charge is 0.504 e. The lowest BCUT2D eigenvalue weighted by atomic mass is 9.93. The average Bonchev–Trinajstić information content (AvgIpc) is 2.56. The Kier molecular flexibility index (Phi) is 7.92. The van der Waals surface area contributed by atoms with Gasteiger partial charge in [0.25, 0.3) is 0 Å². The molecule has 5 heteroatoms. The minimum absolute atomic E-state index is 0.299. The number of methoxy groups -OCH3 is 3. The Morgan fingerprint density at radius 3 is 2.48 bits per heavy atom. The summed E-state index contributed by atoms with van der Waals surface area (Å²) in [5, 5.41) is 0. The first kappa shape index (κ1) is 19.3. The van der Waals surface area contributed by atoms with Gasteiger partial charge in [-0.2, -0.15) is 0 Å². The van der Waals surface area contributed by atoms with Gasteiger partial charge in [0.2, 0.25) is 0 Å². The van der Waals surface area contributed by atoms with Gasteiger partial charge < -0.3 is 23.7 Å². The molecule has 0 bridgehead atoms. The summed E-state index contributed by atoms with van der Waals surface area (Å²) in [5.74, 6) is 1.51. The van der Waals surface area contributed by atoms with Crippen molar-refractivity contribution in [1.82, 2.24) is 0 Å². The van der Waals surface area contributed by atoms with E-state index in [1.807, 2.05) is 45.0 Å². The van der Waals surface area contributed by atoms with Gasteiger partial charge in [-0.1, -0.05) is 13.8 Å². The molecule has 130 valence electrons. The van der Waals surface area contributed by atoms with E-state index in [1.54, 1.807) is 27.6 Å². The van der Waals surface area contributed by atoms with Crippen molar-refractivity contribution < 1.29 is 23.7 Å². The lowest BCUT2D eigenvalue weighted by Crippen LogP contribution is -2.38. The minimum atomic E-state index is -0.330. The Morgan fingerprint density at radius 1 is 1.17 bits per heavy atom. The summed E-state index contributed by atoms with van der Waals surface area (Å²) < 4.78 is 27.3. The number of rotatable bonds is 10. The average molecular weight is 324 g/mol. The Hall–Kier alpha value is -1.72. The Morgan fingerprint density at radius 2 is 1.91 bits per heavy atom. The third kappa shape index (κ3) is 5.77. The molecule has 0 radical (unpaired) electrons. The molecule has 0 saturated carbocycles. The van der Waals surface area contributed by atoms with Crippen LogP contribution < -0.4 is 9.47 Å².